The maximum atomic E-state index is 13.7. The monoisotopic (exact) mass is 477 g/mol. The van der Waals surface area contributed by atoms with Gasteiger partial charge in [0.1, 0.15) is 17.6 Å². The van der Waals surface area contributed by atoms with E-state index in [0.29, 0.717) is 23.7 Å². The number of carbonyl (C=O) groups excluding carboxylic acids is 1. The summed E-state index contributed by atoms with van der Waals surface area (Å²) in [7, 11) is 1.92. The predicted molar refractivity (Wildman–Crippen MR) is 138 cm³/mol. The summed E-state index contributed by atoms with van der Waals surface area (Å²) in [4.78, 5) is 15.3. The molecule has 6 rings (SSSR count). The van der Waals surface area contributed by atoms with Crippen LogP contribution in [0.4, 0.5) is 0 Å². The Balaban J connectivity index is 1.22. The van der Waals surface area contributed by atoms with Crippen LogP contribution in [0.1, 0.15) is 77.2 Å². The van der Waals surface area contributed by atoms with Crippen LogP contribution < -0.4 is 0 Å². The van der Waals surface area contributed by atoms with Crippen LogP contribution in [0.25, 0.3) is 11.0 Å². The standard InChI is InChI=1S/C30H43N3O2/c1-19-5-10-26-27(16-19)32-33(31-26)17-28(34)25-9-8-23-22-7-6-21-15-20(2)11-14-30(21,18-35-4)24(22)12-13-29(23,25)3/h5,10,16,20-25H,6-9,11-15,17-18H2,1-4H3/t20-,21+,22-,23?,24?,25+,29-,30+/m0/s1. The van der Waals surface area contributed by atoms with Crippen molar-refractivity contribution in [3.63, 3.8) is 0 Å². The Kier molecular flexibility index (Phi) is 5.86. The lowest BCUT2D eigenvalue weighted by Gasteiger charge is -2.61. The SMILES string of the molecule is COC[C@]12CC[C@H](C)C[C@H]1CC[C@@H]1C2CC[C@@]2(C)C1CC[C@@H]2C(=O)Cn1nc2ccc(C)cc2n1. The third-order valence-corrected chi connectivity index (χ3v) is 11.3. The van der Waals surface area contributed by atoms with E-state index in [-0.39, 0.29) is 11.3 Å². The summed E-state index contributed by atoms with van der Waals surface area (Å²) in [6, 6.07) is 6.11. The van der Waals surface area contributed by atoms with Crippen molar-refractivity contribution in [2.24, 2.45) is 46.3 Å². The molecule has 190 valence electrons. The van der Waals surface area contributed by atoms with Gasteiger partial charge in [-0.05, 0) is 116 Å². The molecular weight excluding hydrogens is 434 g/mol. The van der Waals surface area contributed by atoms with Crippen molar-refractivity contribution in [1.29, 1.82) is 0 Å². The molecule has 0 N–H and O–H groups in total. The van der Waals surface area contributed by atoms with Crippen LogP contribution >= 0.6 is 0 Å². The Morgan fingerprint density at radius 3 is 2.71 bits per heavy atom. The molecule has 0 bridgehead atoms. The second kappa shape index (κ2) is 8.68. The van der Waals surface area contributed by atoms with Gasteiger partial charge in [0.2, 0.25) is 0 Å². The zero-order chi connectivity index (χ0) is 24.4. The Morgan fingerprint density at radius 1 is 1.06 bits per heavy atom. The van der Waals surface area contributed by atoms with Crippen LogP contribution in [0.15, 0.2) is 18.2 Å². The van der Waals surface area contributed by atoms with Crippen molar-refractivity contribution in [3.05, 3.63) is 23.8 Å². The van der Waals surface area contributed by atoms with E-state index in [1.165, 1.54) is 56.9 Å². The van der Waals surface area contributed by atoms with Crippen LogP contribution in [0.5, 0.6) is 0 Å². The van der Waals surface area contributed by atoms with E-state index in [0.717, 1.165) is 47.7 Å². The molecular formula is C30H43N3O2. The van der Waals surface area contributed by atoms with E-state index in [1.807, 2.05) is 13.2 Å². The number of nitrogens with zero attached hydrogens (tertiary/aromatic N) is 3. The molecule has 0 radical (unpaired) electrons. The molecule has 0 aliphatic heterocycles. The van der Waals surface area contributed by atoms with Crippen molar-refractivity contribution >= 4 is 16.8 Å². The Bertz CT molecular complexity index is 1110. The predicted octanol–water partition coefficient (Wildman–Crippen LogP) is 6.23. The highest BCUT2D eigenvalue weighted by molar-refractivity contribution is 5.82. The molecule has 1 aromatic carbocycles. The summed E-state index contributed by atoms with van der Waals surface area (Å²) >= 11 is 0. The highest BCUT2D eigenvalue weighted by Crippen LogP contribution is 2.68. The smallest absolute Gasteiger partial charge is 0.159 e. The fourth-order valence-corrected chi connectivity index (χ4v) is 9.73. The zero-order valence-corrected chi connectivity index (χ0v) is 22.1. The molecule has 4 aliphatic rings. The summed E-state index contributed by atoms with van der Waals surface area (Å²) < 4.78 is 5.95. The molecule has 1 aromatic heterocycles. The number of carbonyl (C=O) groups is 1. The molecule has 2 aromatic rings. The molecule has 4 fully saturated rings. The van der Waals surface area contributed by atoms with Crippen LogP contribution in [0.2, 0.25) is 0 Å². The molecule has 4 saturated carbocycles. The van der Waals surface area contributed by atoms with Crippen LogP contribution in [-0.4, -0.2) is 34.5 Å². The Labute approximate surface area is 210 Å². The van der Waals surface area contributed by atoms with E-state index in [2.05, 4.69) is 43.1 Å². The summed E-state index contributed by atoms with van der Waals surface area (Å²) in [5.74, 6) is 4.40. The number of methoxy groups -OCH3 is 1. The number of aryl methyl sites for hydroxylation is 1. The van der Waals surface area contributed by atoms with Crippen molar-refractivity contribution in [2.45, 2.75) is 85.1 Å². The van der Waals surface area contributed by atoms with Gasteiger partial charge < -0.3 is 4.74 Å². The number of hydrogen-bond acceptors (Lipinski definition) is 4. The van der Waals surface area contributed by atoms with E-state index >= 15 is 0 Å². The van der Waals surface area contributed by atoms with E-state index < -0.39 is 0 Å². The van der Waals surface area contributed by atoms with Gasteiger partial charge in [-0.1, -0.05) is 26.3 Å². The normalized spacial score (nSPS) is 40.8. The van der Waals surface area contributed by atoms with Crippen molar-refractivity contribution in [2.75, 3.05) is 13.7 Å². The van der Waals surface area contributed by atoms with Gasteiger partial charge in [0.15, 0.2) is 5.78 Å². The lowest BCUT2D eigenvalue weighted by molar-refractivity contribution is -0.154. The van der Waals surface area contributed by atoms with Gasteiger partial charge in [0.25, 0.3) is 0 Å². The number of aromatic nitrogens is 3. The first-order chi connectivity index (χ1) is 16.8. The van der Waals surface area contributed by atoms with Gasteiger partial charge in [0, 0.05) is 13.0 Å². The zero-order valence-electron chi connectivity index (χ0n) is 22.1. The van der Waals surface area contributed by atoms with Gasteiger partial charge in [-0.3, -0.25) is 4.79 Å². The third kappa shape index (κ3) is 3.70. The first-order valence-corrected chi connectivity index (χ1v) is 14.2. The summed E-state index contributed by atoms with van der Waals surface area (Å²) in [5.41, 5.74) is 3.44. The highest BCUT2D eigenvalue weighted by Gasteiger charge is 2.62. The number of hydrogen-bond donors (Lipinski definition) is 0. The molecule has 4 aliphatic carbocycles. The topological polar surface area (TPSA) is 57.0 Å². The fraction of sp³-hybridized carbons (Fsp3) is 0.767. The average molecular weight is 478 g/mol. The number of rotatable bonds is 5. The van der Waals surface area contributed by atoms with Crippen LogP contribution in [0, 0.1) is 53.3 Å². The number of ether oxygens (including phenoxy) is 1. The lowest BCUT2D eigenvalue weighted by atomic mass is 9.44. The lowest BCUT2D eigenvalue weighted by Crippen LogP contribution is -2.56. The molecule has 35 heavy (non-hydrogen) atoms. The van der Waals surface area contributed by atoms with Crippen LogP contribution in [0.3, 0.4) is 0 Å². The minimum atomic E-state index is 0.129. The summed E-state index contributed by atoms with van der Waals surface area (Å²) in [6.45, 7) is 8.22. The number of ketones is 1. The number of benzene rings is 1. The minimum Gasteiger partial charge on any atom is -0.384 e. The fourth-order valence-electron chi connectivity index (χ4n) is 9.73. The highest BCUT2D eigenvalue weighted by atomic mass is 16.5. The molecule has 8 atom stereocenters. The minimum absolute atomic E-state index is 0.129. The molecule has 1 heterocycles. The van der Waals surface area contributed by atoms with Crippen molar-refractivity contribution < 1.29 is 9.53 Å². The van der Waals surface area contributed by atoms with E-state index in [1.54, 1.807) is 4.80 Å². The molecule has 5 nitrogen and oxygen atoms in total. The quantitative estimate of drug-likeness (QED) is 0.512. The first kappa shape index (κ1) is 23.6. The molecule has 0 spiro atoms. The molecule has 0 saturated heterocycles. The van der Waals surface area contributed by atoms with Gasteiger partial charge in [0.05, 0.1) is 6.61 Å². The maximum Gasteiger partial charge on any atom is 0.159 e. The second-order valence-corrected chi connectivity index (χ2v) is 13.1. The molecule has 0 amide bonds. The Morgan fingerprint density at radius 2 is 1.89 bits per heavy atom. The van der Waals surface area contributed by atoms with E-state index in [9.17, 15) is 4.79 Å². The van der Waals surface area contributed by atoms with Crippen LogP contribution in [-0.2, 0) is 16.1 Å². The third-order valence-electron chi connectivity index (χ3n) is 11.3. The van der Waals surface area contributed by atoms with Gasteiger partial charge in [-0.2, -0.15) is 15.0 Å². The van der Waals surface area contributed by atoms with E-state index in [4.69, 9.17) is 4.74 Å². The maximum absolute atomic E-state index is 13.7. The summed E-state index contributed by atoms with van der Waals surface area (Å²) in [5, 5.41) is 9.24. The summed E-state index contributed by atoms with van der Waals surface area (Å²) in [6.07, 6.45) is 11.5. The number of fused-ring (bicyclic) bond motifs is 6. The largest absolute Gasteiger partial charge is 0.384 e. The van der Waals surface area contributed by atoms with Gasteiger partial charge in [-0.15, -0.1) is 0 Å². The Hall–Kier alpha value is -1.75. The molecule has 2 unspecified atom stereocenters. The van der Waals surface area contributed by atoms with Crippen molar-refractivity contribution in [3.8, 4) is 0 Å². The first-order valence-electron chi connectivity index (χ1n) is 14.2. The van der Waals surface area contributed by atoms with Crippen molar-refractivity contribution in [1.82, 2.24) is 15.0 Å². The van der Waals surface area contributed by atoms with Gasteiger partial charge in [-0.25, -0.2) is 0 Å². The van der Waals surface area contributed by atoms with Gasteiger partial charge >= 0.3 is 0 Å². The number of Topliss-reactive ketones (excluding diaryl/α,β-unsaturated/α-hetero) is 1. The average Bonchev–Trinajstić information content (AvgIpc) is 3.38. The molecule has 5 heteroatoms. The second-order valence-electron chi connectivity index (χ2n) is 13.1.